The van der Waals surface area contributed by atoms with Gasteiger partial charge in [-0.15, -0.1) is 0 Å². The number of anilines is 1. The van der Waals surface area contributed by atoms with Crippen molar-refractivity contribution in [2.24, 2.45) is 11.7 Å². The molecular formula is C20H31N5O. The molecular weight excluding hydrogens is 326 g/mol. The first-order chi connectivity index (χ1) is 12.2. The lowest BCUT2D eigenvalue weighted by Gasteiger charge is -2.23. The molecule has 0 radical (unpaired) electrons. The molecule has 0 saturated heterocycles. The number of pyridine rings is 1. The van der Waals surface area contributed by atoms with Crippen molar-refractivity contribution in [2.75, 3.05) is 5.32 Å². The average molecular weight is 358 g/mol. The monoisotopic (exact) mass is 357 g/mol. The summed E-state index contributed by atoms with van der Waals surface area (Å²) in [6.07, 6.45) is 7.29. The zero-order valence-corrected chi connectivity index (χ0v) is 16.5. The Hall–Kier alpha value is -2.21. The maximum Gasteiger partial charge on any atom is 0.211 e. The number of nitrogens with two attached hydrogens (primary N) is 1. The maximum absolute atomic E-state index is 11.0. The Kier molecular flexibility index (Phi) is 6.53. The Morgan fingerprint density at radius 2 is 2.04 bits per heavy atom. The molecule has 3 N–H and O–H groups in total. The van der Waals surface area contributed by atoms with Crippen molar-refractivity contribution in [3.63, 3.8) is 0 Å². The van der Waals surface area contributed by atoms with E-state index in [0.29, 0.717) is 18.0 Å². The molecule has 0 fully saturated rings. The van der Waals surface area contributed by atoms with Crippen LogP contribution in [0, 0.1) is 5.92 Å². The molecule has 2 heterocycles. The summed E-state index contributed by atoms with van der Waals surface area (Å²) in [5.41, 5.74) is 9.51. The van der Waals surface area contributed by atoms with E-state index in [2.05, 4.69) is 50.0 Å². The number of aromatic nitrogens is 3. The lowest BCUT2D eigenvalue weighted by atomic mass is 10.00. The molecule has 2 aromatic heterocycles. The van der Waals surface area contributed by atoms with Crippen LogP contribution in [0.2, 0.25) is 0 Å². The molecule has 1 atom stereocenters. The largest absolute Gasteiger partial charge is 0.326 e. The van der Waals surface area contributed by atoms with E-state index in [9.17, 15) is 4.79 Å². The second-order valence-corrected chi connectivity index (χ2v) is 8.15. The van der Waals surface area contributed by atoms with Crippen LogP contribution < -0.4 is 11.1 Å². The highest BCUT2D eigenvalue weighted by Crippen LogP contribution is 2.33. The molecule has 1 amide bonds. The van der Waals surface area contributed by atoms with Crippen molar-refractivity contribution in [2.45, 2.75) is 65.5 Å². The van der Waals surface area contributed by atoms with E-state index in [1.54, 1.807) is 12.4 Å². The van der Waals surface area contributed by atoms with Gasteiger partial charge in [-0.1, -0.05) is 26.7 Å². The molecule has 0 aromatic carbocycles. The lowest BCUT2D eigenvalue weighted by molar-refractivity contribution is -0.105. The van der Waals surface area contributed by atoms with Gasteiger partial charge in [-0.3, -0.25) is 14.5 Å². The van der Waals surface area contributed by atoms with Gasteiger partial charge in [0.15, 0.2) is 0 Å². The van der Waals surface area contributed by atoms with Crippen LogP contribution in [0.1, 0.15) is 65.6 Å². The third kappa shape index (κ3) is 4.91. The van der Waals surface area contributed by atoms with Crippen LogP contribution >= 0.6 is 0 Å². The number of nitrogens with one attached hydrogen (secondary N) is 1. The molecule has 0 spiro atoms. The highest BCUT2D eigenvalue weighted by atomic mass is 16.1. The van der Waals surface area contributed by atoms with Gasteiger partial charge in [0.05, 0.1) is 28.8 Å². The van der Waals surface area contributed by atoms with Crippen molar-refractivity contribution in [1.29, 1.82) is 0 Å². The second-order valence-electron chi connectivity index (χ2n) is 8.15. The van der Waals surface area contributed by atoms with Gasteiger partial charge in [0.2, 0.25) is 6.41 Å². The molecule has 0 aliphatic rings. The summed E-state index contributed by atoms with van der Waals surface area (Å²) in [5.74, 6) is 0.680. The molecule has 0 aliphatic heterocycles. The number of carbonyl (C=O) groups is 1. The maximum atomic E-state index is 11.0. The third-order valence-electron chi connectivity index (χ3n) is 4.35. The SMILES string of the molecule is CC(C)CCCC(N)c1cc(-c2c(NC=O)cnn2C(C)(C)C)ccn1. The Labute approximate surface area is 156 Å². The average Bonchev–Trinajstić information content (AvgIpc) is 2.99. The summed E-state index contributed by atoms with van der Waals surface area (Å²) >= 11 is 0. The minimum atomic E-state index is -0.221. The highest BCUT2D eigenvalue weighted by molar-refractivity contribution is 5.83. The summed E-state index contributed by atoms with van der Waals surface area (Å²) in [7, 11) is 0. The fourth-order valence-corrected chi connectivity index (χ4v) is 3.00. The Balaban J connectivity index is 2.35. The predicted octanol–water partition coefficient (Wildman–Crippen LogP) is 4.09. The van der Waals surface area contributed by atoms with E-state index >= 15 is 0 Å². The van der Waals surface area contributed by atoms with Crippen LogP contribution in [-0.4, -0.2) is 21.2 Å². The molecule has 1 unspecified atom stereocenters. The molecule has 0 saturated carbocycles. The van der Waals surface area contributed by atoms with E-state index in [1.165, 1.54) is 0 Å². The summed E-state index contributed by atoms with van der Waals surface area (Å²) in [6, 6.07) is 3.84. The third-order valence-corrected chi connectivity index (χ3v) is 4.35. The standard InChI is InChI=1S/C20H31N5O/c1-14(2)7-6-8-16(21)17-11-15(9-10-22-17)19-18(23-13-26)12-24-25(19)20(3,4)5/h9-14,16H,6-8,21H2,1-5H3,(H,23,26). The zero-order chi connectivity index (χ0) is 19.3. The van der Waals surface area contributed by atoms with Crippen molar-refractivity contribution >= 4 is 12.1 Å². The molecule has 2 aromatic rings. The highest BCUT2D eigenvalue weighted by Gasteiger charge is 2.23. The van der Waals surface area contributed by atoms with Gasteiger partial charge in [-0.2, -0.15) is 5.10 Å². The number of amides is 1. The Bertz CT molecular complexity index is 730. The molecule has 142 valence electrons. The smallest absolute Gasteiger partial charge is 0.211 e. The van der Waals surface area contributed by atoms with Crippen molar-refractivity contribution in [3.8, 4) is 11.3 Å². The minimum absolute atomic E-state index is 0.0952. The first kappa shape index (κ1) is 20.1. The van der Waals surface area contributed by atoms with Crippen LogP contribution in [0.25, 0.3) is 11.3 Å². The predicted molar refractivity (Wildman–Crippen MR) is 106 cm³/mol. The number of hydrogen-bond donors (Lipinski definition) is 2. The number of rotatable bonds is 8. The molecule has 6 nitrogen and oxygen atoms in total. The summed E-state index contributed by atoms with van der Waals surface area (Å²) in [5, 5.41) is 7.22. The first-order valence-electron chi connectivity index (χ1n) is 9.24. The first-order valence-corrected chi connectivity index (χ1v) is 9.24. The molecule has 6 heteroatoms. The topological polar surface area (TPSA) is 85.8 Å². The van der Waals surface area contributed by atoms with Crippen molar-refractivity contribution < 1.29 is 4.79 Å². The summed E-state index contributed by atoms with van der Waals surface area (Å²) in [6.45, 7) is 10.7. The molecule has 0 bridgehead atoms. The fraction of sp³-hybridized carbons (Fsp3) is 0.550. The van der Waals surface area contributed by atoms with Crippen molar-refractivity contribution in [1.82, 2.24) is 14.8 Å². The Morgan fingerprint density at radius 3 is 2.65 bits per heavy atom. The van der Waals surface area contributed by atoms with Gasteiger partial charge in [-0.25, -0.2) is 0 Å². The number of nitrogens with zero attached hydrogens (tertiary/aromatic N) is 3. The van der Waals surface area contributed by atoms with Crippen LogP contribution in [0.3, 0.4) is 0 Å². The molecule has 0 aliphatic carbocycles. The minimum Gasteiger partial charge on any atom is -0.326 e. The molecule has 26 heavy (non-hydrogen) atoms. The van der Waals surface area contributed by atoms with E-state index in [1.807, 2.05) is 16.8 Å². The van der Waals surface area contributed by atoms with E-state index in [0.717, 1.165) is 36.2 Å². The van der Waals surface area contributed by atoms with Crippen LogP contribution in [0.5, 0.6) is 0 Å². The van der Waals surface area contributed by atoms with Gasteiger partial charge in [-0.05, 0) is 45.2 Å². The number of carbonyl (C=O) groups excluding carboxylic acids is 1. The van der Waals surface area contributed by atoms with Gasteiger partial charge in [0.1, 0.15) is 0 Å². The summed E-state index contributed by atoms with van der Waals surface area (Å²) in [4.78, 5) is 15.5. The van der Waals surface area contributed by atoms with Crippen LogP contribution in [0.15, 0.2) is 24.5 Å². The van der Waals surface area contributed by atoms with E-state index in [4.69, 9.17) is 5.73 Å². The lowest BCUT2D eigenvalue weighted by Crippen LogP contribution is -2.24. The normalized spacial score (nSPS) is 13.0. The number of hydrogen-bond acceptors (Lipinski definition) is 4. The van der Waals surface area contributed by atoms with E-state index < -0.39 is 0 Å². The van der Waals surface area contributed by atoms with Gasteiger partial charge in [0, 0.05) is 17.8 Å². The molecule has 2 rings (SSSR count). The summed E-state index contributed by atoms with van der Waals surface area (Å²) < 4.78 is 1.92. The second kappa shape index (κ2) is 8.45. The van der Waals surface area contributed by atoms with Gasteiger partial charge < -0.3 is 11.1 Å². The van der Waals surface area contributed by atoms with Gasteiger partial charge >= 0.3 is 0 Å². The van der Waals surface area contributed by atoms with E-state index in [-0.39, 0.29) is 11.6 Å². The zero-order valence-electron chi connectivity index (χ0n) is 16.5. The quantitative estimate of drug-likeness (QED) is 0.697. The van der Waals surface area contributed by atoms with Crippen LogP contribution in [-0.2, 0) is 10.3 Å². The Morgan fingerprint density at radius 1 is 1.31 bits per heavy atom. The van der Waals surface area contributed by atoms with Crippen molar-refractivity contribution in [3.05, 3.63) is 30.2 Å². The fourth-order valence-electron chi connectivity index (χ4n) is 3.00. The van der Waals surface area contributed by atoms with Gasteiger partial charge in [0.25, 0.3) is 0 Å². The van der Waals surface area contributed by atoms with Crippen LogP contribution in [0.4, 0.5) is 5.69 Å².